The van der Waals surface area contributed by atoms with E-state index in [2.05, 4.69) is 17.1 Å². The molecule has 0 bridgehead atoms. The quantitative estimate of drug-likeness (QED) is 0.913. The highest BCUT2D eigenvalue weighted by Crippen LogP contribution is 2.29. The van der Waals surface area contributed by atoms with Crippen LogP contribution in [0.15, 0.2) is 22.6 Å². The number of nitrogens with zero attached hydrogens (tertiary/aromatic N) is 1. The molecular weight excluding hydrogens is 304 g/mol. The summed E-state index contributed by atoms with van der Waals surface area (Å²) in [6, 6.07) is 5.83. The molecule has 1 N–H and O–H groups in total. The Labute approximate surface area is 143 Å². The molecule has 0 radical (unpaired) electrons. The molecule has 5 nitrogen and oxygen atoms in total. The second-order valence-corrected chi connectivity index (χ2v) is 6.51. The first-order valence-electron chi connectivity index (χ1n) is 8.72. The number of furan rings is 1. The third-order valence-corrected chi connectivity index (χ3v) is 4.81. The molecule has 2 heterocycles. The molecule has 1 fully saturated rings. The summed E-state index contributed by atoms with van der Waals surface area (Å²) in [7, 11) is 1.63. The summed E-state index contributed by atoms with van der Waals surface area (Å²) >= 11 is 0. The smallest absolute Gasteiger partial charge is 0.287 e. The van der Waals surface area contributed by atoms with Gasteiger partial charge in [-0.05, 0) is 50.9 Å². The zero-order valence-corrected chi connectivity index (χ0v) is 14.7. The number of hydrogen-bond acceptors (Lipinski definition) is 4. The van der Waals surface area contributed by atoms with Crippen molar-refractivity contribution >= 4 is 16.9 Å². The molecule has 1 amide bonds. The molecule has 1 saturated heterocycles. The lowest BCUT2D eigenvalue weighted by atomic mass is 10.0. The largest absolute Gasteiger partial charge is 0.497 e. The molecule has 0 unspecified atom stereocenters. The second-order valence-electron chi connectivity index (χ2n) is 6.51. The van der Waals surface area contributed by atoms with Crippen LogP contribution in [0.2, 0.25) is 0 Å². The number of benzene rings is 1. The number of methoxy groups -OCH3 is 1. The molecule has 1 aliphatic heterocycles. The van der Waals surface area contributed by atoms with Crippen molar-refractivity contribution in [2.45, 2.75) is 39.2 Å². The molecule has 2 aromatic rings. The monoisotopic (exact) mass is 330 g/mol. The highest BCUT2D eigenvalue weighted by atomic mass is 16.5. The van der Waals surface area contributed by atoms with E-state index >= 15 is 0 Å². The molecule has 24 heavy (non-hydrogen) atoms. The fraction of sp³-hybridized carbons (Fsp3) is 0.526. The van der Waals surface area contributed by atoms with Crippen molar-refractivity contribution in [3.05, 3.63) is 29.5 Å². The van der Waals surface area contributed by atoms with Crippen molar-refractivity contribution in [3.8, 4) is 5.75 Å². The summed E-state index contributed by atoms with van der Waals surface area (Å²) in [5, 5.41) is 4.07. The number of fused-ring (bicyclic) bond motifs is 1. The van der Waals surface area contributed by atoms with Gasteiger partial charge in [0, 0.05) is 30.1 Å². The predicted octanol–water partition coefficient (Wildman–Crippen LogP) is 3.35. The Balaban J connectivity index is 1.69. The summed E-state index contributed by atoms with van der Waals surface area (Å²) in [5.74, 6) is 1.06. The van der Waals surface area contributed by atoms with E-state index in [0.717, 1.165) is 54.8 Å². The van der Waals surface area contributed by atoms with Crippen molar-refractivity contribution in [1.82, 2.24) is 10.2 Å². The van der Waals surface area contributed by atoms with E-state index in [9.17, 15) is 4.79 Å². The van der Waals surface area contributed by atoms with Crippen LogP contribution in [0.4, 0.5) is 0 Å². The fourth-order valence-electron chi connectivity index (χ4n) is 3.41. The minimum Gasteiger partial charge on any atom is -0.497 e. The van der Waals surface area contributed by atoms with Gasteiger partial charge >= 0.3 is 0 Å². The molecule has 0 spiro atoms. The van der Waals surface area contributed by atoms with Crippen LogP contribution >= 0.6 is 0 Å². The van der Waals surface area contributed by atoms with E-state index in [4.69, 9.17) is 9.15 Å². The second kappa shape index (κ2) is 7.26. The highest BCUT2D eigenvalue weighted by Gasteiger charge is 2.24. The van der Waals surface area contributed by atoms with Crippen LogP contribution in [-0.4, -0.2) is 43.6 Å². The minimum absolute atomic E-state index is 0.114. The lowest BCUT2D eigenvalue weighted by Crippen LogP contribution is -2.44. The zero-order valence-electron chi connectivity index (χ0n) is 14.7. The minimum atomic E-state index is -0.114. The van der Waals surface area contributed by atoms with Crippen LogP contribution in [-0.2, 0) is 0 Å². The standard InChI is InChI=1S/C19H26N2O3/c1-4-9-21-10-7-14(8-11-21)20-19(22)18-13(2)16-12-15(23-3)5-6-17(16)24-18/h5-6,12,14H,4,7-11H2,1-3H3,(H,20,22). The Kier molecular flexibility index (Phi) is 5.09. The van der Waals surface area contributed by atoms with Gasteiger partial charge in [-0.1, -0.05) is 6.92 Å². The van der Waals surface area contributed by atoms with Gasteiger partial charge in [0.1, 0.15) is 11.3 Å². The number of nitrogens with one attached hydrogen (secondary N) is 1. The lowest BCUT2D eigenvalue weighted by Gasteiger charge is -2.31. The number of hydrogen-bond donors (Lipinski definition) is 1. The van der Waals surface area contributed by atoms with E-state index in [1.165, 1.54) is 6.42 Å². The van der Waals surface area contributed by atoms with Crippen LogP contribution in [0.25, 0.3) is 11.0 Å². The maximum atomic E-state index is 12.6. The SMILES string of the molecule is CCCN1CCC(NC(=O)c2oc3ccc(OC)cc3c2C)CC1. The average Bonchev–Trinajstić information content (AvgIpc) is 2.93. The maximum absolute atomic E-state index is 12.6. The summed E-state index contributed by atoms with van der Waals surface area (Å²) in [6.07, 6.45) is 3.18. The number of likely N-dealkylation sites (tertiary alicyclic amines) is 1. The number of aryl methyl sites for hydroxylation is 1. The number of carbonyl (C=O) groups excluding carboxylic acids is 1. The van der Waals surface area contributed by atoms with Gasteiger partial charge in [-0.3, -0.25) is 4.79 Å². The van der Waals surface area contributed by atoms with Gasteiger partial charge in [-0.2, -0.15) is 0 Å². The fourth-order valence-corrected chi connectivity index (χ4v) is 3.41. The van der Waals surface area contributed by atoms with Crippen LogP contribution in [0, 0.1) is 6.92 Å². The van der Waals surface area contributed by atoms with Crippen molar-refractivity contribution in [2.75, 3.05) is 26.7 Å². The first-order valence-corrected chi connectivity index (χ1v) is 8.72. The van der Waals surface area contributed by atoms with E-state index < -0.39 is 0 Å². The number of piperidine rings is 1. The van der Waals surface area contributed by atoms with E-state index in [-0.39, 0.29) is 11.9 Å². The molecule has 3 rings (SSSR count). The molecule has 0 atom stereocenters. The summed E-state index contributed by atoms with van der Waals surface area (Å²) in [6.45, 7) is 7.37. The third kappa shape index (κ3) is 3.41. The number of carbonyl (C=O) groups is 1. The normalized spacial score (nSPS) is 16.5. The Hall–Kier alpha value is -2.01. The molecule has 1 aliphatic rings. The van der Waals surface area contributed by atoms with Crippen molar-refractivity contribution in [3.63, 3.8) is 0 Å². The average molecular weight is 330 g/mol. The van der Waals surface area contributed by atoms with Gasteiger partial charge in [-0.25, -0.2) is 0 Å². The third-order valence-electron chi connectivity index (χ3n) is 4.81. The van der Waals surface area contributed by atoms with Crippen LogP contribution in [0.5, 0.6) is 5.75 Å². The number of ether oxygens (including phenoxy) is 1. The van der Waals surface area contributed by atoms with Crippen LogP contribution < -0.4 is 10.1 Å². The van der Waals surface area contributed by atoms with Gasteiger partial charge in [-0.15, -0.1) is 0 Å². The van der Waals surface area contributed by atoms with Crippen molar-refractivity contribution in [1.29, 1.82) is 0 Å². The van der Waals surface area contributed by atoms with E-state index in [1.807, 2.05) is 25.1 Å². The summed E-state index contributed by atoms with van der Waals surface area (Å²) in [4.78, 5) is 15.1. The molecule has 0 aliphatic carbocycles. The highest BCUT2D eigenvalue weighted by molar-refractivity contribution is 5.99. The molecule has 0 saturated carbocycles. The van der Waals surface area contributed by atoms with E-state index in [1.54, 1.807) is 7.11 Å². The lowest BCUT2D eigenvalue weighted by molar-refractivity contribution is 0.0884. The van der Waals surface area contributed by atoms with Gasteiger partial charge in [0.05, 0.1) is 7.11 Å². The maximum Gasteiger partial charge on any atom is 0.287 e. The molecule has 1 aromatic carbocycles. The van der Waals surface area contributed by atoms with Crippen LogP contribution in [0.1, 0.15) is 42.3 Å². The molecule has 130 valence electrons. The van der Waals surface area contributed by atoms with Gasteiger partial charge in [0.25, 0.3) is 5.91 Å². The Bertz CT molecular complexity index is 715. The molecular formula is C19H26N2O3. The van der Waals surface area contributed by atoms with Crippen LogP contribution in [0.3, 0.4) is 0 Å². The zero-order chi connectivity index (χ0) is 17.1. The van der Waals surface area contributed by atoms with Crippen molar-refractivity contribution in [2.24, 2.45) is 0 Å². The Morgan fingerprint density at radius 2 is 2.12 bits per heavy atom. The summed E-state index contributed by atoms with van der Waals surface area (Å²) in [5.41, 5.74) is 1.58. The van der Waals surface area contributed by atoms with Gasteiger partial charge in [0.15, 0.2) is 5.76 Å². The topological polar surface area (TPSA) is 54.7 Å². The molecule has 1 aromatic heterocycles. The molecule has 5 heteroatoms. The first kappa shape index (κ1) is 16.8. The van der Waals surface area contributed by atoms with Gasteiger partial charge < -0.3 is 19.4 Å². The Morgan fingerprint density at radius 1 is 1.38 bits per heavy atom. The predicted molar refractivity (Wildman–Crippen MR) is 94.7 cm³/mol. The number of amides is 1. The van der Waals surface area contributed by atoms with Crippen molar-refractivity contribution < 1.29 is 13.9 Å². The first-order chi connectivity index (χ1) is 11.6. The van der Waals surface area contributed by atoms with Gasteiger partial charge in [0.2, 0.25) is 0 Å². The summed E-state index contributed by atoms with van der Waals surface area (Å²) < 4.78 is 11.0. The van der Waals surface area contributed by atoms with E-state index in [0.29, 0.717) is 5.76 Å². The Morgan fingerprint density at radius 3 is 2.79 bits per heavy atom. The number of rotatable bonds is 5.